The summed E-state index contributed by atoms with van der Waals surface area (Å²) < 4.78 is 0. The first-order valence-corrected chi connectivity index (χ1v) is 8.00. The number of carbonyl (C=O) groups is 3. The fraction of sp³-hybridized carbons (Fsp3) is 0.200. The Kier molecular flexibility index (Phi) is 5.90. The van der Waals surface area contributed by atoms with Crippen LogP contribution in [-0.2, 0) is 9.59 Å². The predicted octanol–water partition coefficient (Wildman–Crippen LogP) is 2.32. The Hall–Kier alpha value is -3.14. The third kappa shape index (κ3) is 4.91. The molecule has 0 unspecified atom stereocenters. The number of thiazole rings is 1. The molecule has 0 fully saturated rings. The minimum Gasteiger partial charge on any atom is -0.481 e. The smallest absolute Gasteiger partial charge is 0.341 e. The summed E-state index contributed by atoms with van der Waals surface area (Å²) in [5.41, 5.74) is 0.995. The number of anilines is 2. The van der Waals surface area contributed by atoms with Crippen molar-refractivity contribution >= 4 is 44.9 Å². The van der Waals surface area contributed by atoms with Crippen molar-refractivity contribution in [1.29, 1.82) is 0 Å². The van der Waals surface area contributed by atoms with Crippen molar-refractivity contribution in [1.82, 2.24) is 0 Å². The number of carbonyl (C=O) groups excluding carboxylic acids is 2. The van der Waals surface area contributed by atoms with Crippen molar-refractivity contribution in [2.75, 3.05) is 10.6 Å². The van der Waals surface area contributed by atoms with Gasteiger partial charge in [-0.25, -0.2) is 9.78 Å². The van der Waals surface area contributed by atoms with E-state index in [1.165, 1.54) is 12.1 Å². The number of rotatable bonds is 7. The number of aromatic amines is 1. The van der Waals surface area contributed by atoms with Gasteiger partial charge in [0.15, 0.2) is 0 Å². The number of para-hydroxylation sites is 1. The van der Waals surface area contributed by atoms with Crippen LogP contribution in [-0.4, -0.2) is 22.9 Å². The van der Waals surface area contributed by atoms with Crippen LogP contribution < -0.4 is 15.6 Å². The summed E-state index contributed by atoms with van der Waals surface area (Å²) in [5.74, 6) is -2.08. The molecule has 10 heteroatoms. The number of amides is 2. The van der Waals surface area contributed by atoms with Gasteiger partial charge in [-0.1, -0.05) is 12.1 Å². The molecule has 130 valence electrons. The fourth-order valence-electron chi connectivity index (χ4n) is 1.96. The van der Waals surface area contributed by atoms with E-state index in [9.17, 15) is 19.3 Å². The molecule has 0 aliphatic carbocycles. The maximum atomic E-state index is 12.4. The van der Waals surface area contributed by atoms with Crippen molar-refractivity contribution in [3.63, 3.8) is 0 Å². The second-order valence-electron chi connectivity index (χ2n) is 5.02. The summed E-state index contributed by atoms with van der Waals surface area (Å²) in [6.45, 7) is 1.65. The molecule has 0 atom stereocenters. The lowest BCUT2D eigenvalue weighted by atomic mass is 10.1. The lowest BCUT2D eigenvalue weighted by Gasteiger charge is -2.08. The number of nitrogens with one attached hydrogen (secondary N) is 3. The zero-order valence-electron chi connectivity index (χ0n) is 13.2. The Morgan fingerprint density at radius 1 is 1.20 bits per heavy atom. The van der Waals surface area contributed by atoms with Crippen LogP contribution in [0.1, 0.15) is 28.9 Å². The minimum atomic E-state index is -1.08. The quantitative estimate of drug-likeness (QED) is 0.648. The van der Waals surface area contributed by atoms with E-state index in [0.29, 0.717) is 10.8 Å². The van der Waals surface area contributed by atoms with Crippen LogP contribution in [0.5, 0.6) is 0 Å². The Morgan fingerprint density at radius 3 is 2.56 bits per heavy atom. The van der Waals surface area contributed by atoms with Crippen LogP contribution in [0, 0.1) is 11.8 Å². The van der Waals surface area contributed by atoms with Crippen LogP contribution in [0.25, 0.3) is 0 Å². The largest absolute Gasteiger partial charge is 0.481 e. The van der Waals surface area contributed by atoms with Crippen LogP contribution in [0.3, 0.4) is 0 Å². The van der Waals surface area contributed by atoms with Gasteiger partial charge >= 0.3 is 17.0 Å². The van der Waals surface area contributed by atoms with Gasteiger partial charge in [-0.15, -0.1) is 4.91 Å². The molecule has 9 nitrogen and oxygen atoms in total. The SMILES string of the molecule is Cc1[nH+]c(NC(=O)c2ccccc2NC(=O)CCC(=O)O)sc1N=O. The summed E-state index contributed by atoms with van der Waals surface area (Å²) in [5, 5.41) is 17.1. The van der Waals surface area contributed by atoms with Gasteiger partial charge in [0.2, 0.25) is 10.9 Å². The number of aromatic nitrogens is 1. The highest BCUT2D eigenvalue weighted by Crippen LogP contribution is 2.27. The summed E-state index contributed by atoms with van der Waals surface area (Å²) >= 11 is 0.994. The first-order valence-electron chi connectivity index (χ1n) is 7.18. The zero-order valence-corrected chi connectivity index (χ0v) is 14.0. The predicted molar refractivity (Wildman–Crippen MR) is 91.0 cm³/mol. The van der Waals surface area contributed by atoms with Gasteiger partial charge in [0.05, 0.1) is 17.7 Å². The first kappa shape index (κ1) is 18.2. The van der Waals surface area contributed by atoms with E-state index >= 15 is 0 Å². The van der Waals surface area contributed by atoms with Gasteiger partial charge in [-0.05, 0) is 28.6 Å². The maximum Gasteiger partial charge on any atom is 0.341 e. The molecule has 1 aromatic heterocycles. The van der Waals surface area contributed by atoms with E-state index < -0.39 is 17.8 Å². The molecule has 0 aliphatic heterocycles. The number of hydrogen-bond donors (Lipinski definition) is 3. The second kappa shape index (κ2) is 8.11. The fourth-order valence-corrected chi connectivity index (χ4v) is 2.74. The van der Waals surface area contributed by atoms with Crippen LogP contribution in [0.15, 0.2) is 29.4 Å². The average Bonchev–Trinajstić information content (AvgIpc) is 2.92. The van der Waals surface area contributed by atoms with Gasteiger partial charge < -0.3 is 10.4 Å². The number of H-pyrrole nitrogens is 1. The zero-order chi connectivity index (χ0) is 18.4. The normalized spacial score (nSPS) is 10.1. The number of carboxylic acid groups (broad SMARTS) is 1. The van der Waals surface area contributed by atoms with Crippen LogP contribution >= 0.6 is 11.3 Å². The van der Waals surface area contributed by atoms with Gasteiger partial charge in [-0.3, -0.25) is 9.59 Å². The van der Waals surface area contributed by atoms with Gasteiger partial charge in [-0.2, -0.15) is 5.32 Å². The summed E-state index contributed by atoms with van der Waals surface area (Å²) in [4.78, 5) is 48.2. The molecule has 2 rings (SSSR count). The van der Waals surface area contributed by atoms with E-state index in [0.717, 1.165) is 11.3 Å². The van der Waals surface area contributed by atoms with Crippen molar-refractivity contribution < 1.29 is 24.5 Å². The number of aryl methyl sites for hydroxylation is 1. The number of aliphatic carboxylic acids is 1. The molecule has 1 heterocycles. The Bertz CT molecular complexity index is 833. The summed E-state index contributed by atoms with van der Waals surface area (Å²) in [7, 11) is 0. The number of hydrogen-bond acceptors (Lipinski definition) is 6. The Morgan fingerprint density at radius 2 is 1.92 bits per heavy atom. The van der Waals surface area contributed by atoms with E-state index in [1.807, 2.05) is 0 Å². The lowest BCUT2D eigenvalue weighted by Crippen LogP contribution is -2.21. The molecule has 2 amide bonds. The van der Waals surface area contributed by atoms with E-state index in [1.54, 1.807) is 19.1 Å². The van der Waals surface area contributed by atoms with Crippen LogP contribution in [0.4, 0.5) is 15.8 Å². The third-order valence-electron chi connectivity index (χ3n) is 3.14. The number of carboxylic acids is 1. The molecule has 0 spiro atoms. The molecule has 0 saturated carbocycles. The second-order valence-corrected chi connectivity index (χ2v) is 6.02. The summed E-state index contributed by atoms with van der Waals surface area (Å²) in [6.07, 6.45) is -0.497. The third-order valence-corrected chi connectivity index (χ3v) is 4.12. The molecular weight excluding hydrogens is 348 g/mol. The summed E-state index contributed by atoms with van der Waals surface area (Å²) in [6, 6.07) is 6.32. The first-order chi connectivity index (χ1) is 11.9. The molecule has 0 saturated heterocycles. The standard InChI is InChI=1S/C15H14N4O5S/c1-8-14(19-24)25-15(16-8)18-13(23)9-4-2-3-5-10(9)17-11(20)6-7-12(21)22/h2-5H,6-7H2,1H3,(H,17,20)(H,21,22)(H,16,18,23)/p+1. The minimum absolute atomic E-state index is 0.197. The van der Waals surface area contributed by atoms with E-state index in [2.05, 4.69) is 20.8 Å². The number of nitroso groups, excluding NO2 is 1. The monoisotopic (exact) mass is 363 g/mol. The van der Waals surface area contributed by atoms with E-state index in [4.69, 9.17) is 5.11 Å². The van der Waals surface area contributed by atoms with Gasteiger partial charge in [0, 0.05) is 13.3 Å². The molecule has 25 heavy (non-hydrogen) atoms. The highest BCUT2D eigenvalue weighted by atomic mass is 32.1. The molecule has 0 aliphatic rings. The maximum absolute atomic E-state index is 12.4. The molecule has 0 radical (unpaired) electrons. The number of benzene rings is 1. The van der Waals surface area contributed by atoms with Crippen molar-refractivity contribution in [3.8, 4) is 0 Å². The molecular formula is C15H15N4O5S+. The van der Waals surface area contributed by atoms with Gasteiger partial charge in [0.1, 0.15) is 5.69 Å². The average molecular weight is 363 g/mol. The van der Waals surface area contributed by atoms with Crippen LogP contribution in [0.2, 0.25) is 0 Å². The molecule has 1 aromatic carbocycles. The van der Waals surface area contributed by atoms with Crippen molar-refractivity contribution in [3.05, 3.63) is 40.4 Å². The Balaban J connectivity index is 2.12. The number of nitrogens with zero attached hydrogens (tertiary/aromatic N) is 1. The van der Waals surface area contributed by atoms with Gasteiger partial charge in [0.25, 0.3) is 0 Å². The van der Waals surface area contributed by atoms with Crippen molar-refractivity contribution in [2.24, 2.45) is 5.18 Å². The van der Waals surface area contributed by atoms with Crippen molar-refractivity contribution in [2.45, 2.75) is 19.8 Å². The highest BCUT2D eigenvalue weighted by Gasteiger charge is 2.21. The lowest BCUT2D eigenvalue weighted by molar-refractivity contribution is -0.363. The highest BCUT2D eigenvalue weighted by molar-refractivity contribution is 7.19. The topological polar surface area (TPSA) is 139 Å². The molecule has 4 N–H and O–H groups in total. The van der Waals surface area contributed by atoms with E-state index in [-0.39, 0.29) is 29.1 Å². The molecule has 2 aromatic rings. The Labute approximate surface area is 146 Å². The molecule has 0 bridgehead atoms.